The number of aromatic nitrogens is 1. The molecule has 1 aromatic carbocycles. The molecular formula is C15H18N2O. The van der Waals surface area contributed by atoms with E-state index in [0.717, 1.165) is 11.3 Å². The molecule has 18 heavy (non-hydrogen) atoms. The van der Waals surface area contributed by atoms with Crippen LogP contribution in [0.4, 0.5) is 5.69 Å². The number of aryl methyl sites for hydroxylation is 1. The second-order valence-corrected chi connectivity index (χ2v) is 4.70. The van der Waals surface area contributed by atoms with Gasteiger partial charge in [0.25, 0.3) is 0 Å². The summed E-state index contributed by atoms with van der Waals surface area (Å²) >= 11 is 0. The smallest absolute Gasteiger partial charge is 0.219 e. The Labute approximate surface area is 108 Å². The van der Waals surface area contributed by atoms with E-state index in [1.807, 2.05) is 25.1 Å². The first-order valence-corrected chi connectivity index (χ1v) is 6.06. The van der Waals surface area contributed by atoms with Crippen LogP contribution in [0.25, 0.3) is 0 Å². The van der Waals surface area contributed by atoms with E-state index in [9.17, 15) is 0 Å². The fourth-order valence-electron chi connectivity index (χ4n) is 1.64. The van der Waals surface area contributed by atoms with Gasteiger partial charge in [-0.15, -0.1) is 0 Å². The lowest BCUT2D eigenvalue weighted by molar-refractivity contribution is 0.462. The third kappa shape index (κ3) is 2.80. The average molecular weight is 242 g/mol. The highest BCUT2D eigenvalue weighted by Gasteiger charge is 2.03. The molecule has 2 N–H and O–H groups in total. The highest BCUT2D eigenvalue weighted by Crippen LogP contribution is 2.24. The number of nitrogen functional groups attached to an aromatic ring is 1. The van der Waals surface area contributed by atoms with Crippen LogP contribution in [0.3, 0.4) is 0 Å². The molecule has 1 aromatic heterocycles. The minimum Gasteiger partial charge on any atom is -0.439 e. The molecule has 0 unspecified atom stereocenters. The number of nitrogens with zero attached hydrogens (tertiary/aromatic N) is 1. The summed E-state index contributed by atoms with van der Waals surface area (Å²) in [7, 11) is 0. The fraction of sp³-hybridized carbons (Fsp3) is 0.267. The van der Waals surface area contributed by atoms with Crippen LogP contribution in [0.5, 0.6) is 11.6 Å². The highest BCUT2D eigenvalue weighted by molar-refractivity contribution is 5.46. The number of benzene rings is 1. The third-order valence-electron chi connectivity index (χ3n) is 2.90. The Morgan fingerprint density at radius 3 is 2.39 bits per heavy atom. The van der Waals surface area contributed by atoms with Gasteiger partial charge in [0.15, 0.2) is 0 Å². The third-order valence-corrected chi connectivity index (χ3v) is 2.90. The molecule has 0 aliphatic carbocycles. The molecule has 0 saturated carbocycles. The summed E-state index contributed by atoms with van der Waals surface area (Å²) in [6, 6.07) is 9.91. The summed E-state index contributed by atoms with van der Waals surface area (Å²) in [5.41, 5.74) is 8.66. The van der Waals surface area contributed by atoms with Gasteiger partial charge < -0.3 is 10.5 Å². The van der Waals surface area contributed by atoms with Crippen molar-refractivity contribution in [1.82, 2.24) is 4.98 Å². The number of anilines is 1. The van der Waals surface area contributed by atoms with Crippen molar-refractivity contribution in [2.75, 3.05) is 5.73 Å². The summed E-state index contributed by atoms with van der Waals surface area (Å²) in [4.78, 5) is 4.14. The van der Waals surface area contributed by atoms with E-state index in [-0.39, 0.29) is 0 Å². The number of pyridine rings is 1. The summed E-state index contributed by atoms with van der Waals surface area (Å²) in [5, 5.41) is 0. The first kappa shape index (κ1) is 12.4. The van der Waals surface area contributed by atoms with Gasteiger partial charge in [-0.25, -0.2) is 4.98 Å². The minimum atomic E-state index is 0.524. The van der Waals surface area contributed by atoms with Crippen molar-refractivity contribution in [2.24, 2.45) is 0 Å². The zero-order valence-electron chi connectivity index (χ0n) is 11.0. The molecule has 2 rings (SSSR count). The maximum atomic E-state index is 5.72. The summed E-state index contributed by atoms with van der Waals surface area (Å²) in [6.07, 6.45) is 1.62. The van der Waals surface area contributed by atoms with E-state index in [2.05, 4.69) is 31.0 Å². The van der Waals surface area contributed by atoms with Gasteiger partial charge in [-0.3, -0.25) is 0 Å². The van der Waals surface area contributed by atoms with Crippen LogP contribution in [0.15, 0.2) is 36.5 Å². The molecular weight excluding hydrogens is 224 g/mol. The molecule has 3 heteroatoms. The van der Waals surface area contributed by atoms with Crippen LogP contribution in [0.1, 0.15) is 30.9 Å². The van der Waals surface area contributed by atoms with Crippen molar-refractivity contribution in [3.63, 3.8) is 0 Å². The van der Waals surface area contributed by atoms with Gasteiger partial charge in [0, 0.05) is 6.07 Å². The first-order valence-electron chi connectivity index (χ1n) is 6.06. The fourth-order valence-corrected chi connectivity index (χ4v) is 1.64. The van der Waals surface area contributed by atoms with Crippen molar-refractivity contribution >= 4 is 5.69 Å². The molecule has 0 amide bonds. The molecule has 3 nitrogen and oxygen atoms in total. The van der Waals surface area contributed by atoms with Gasteiger partial charge in [0.2, 0.25) is 5.88 Å². The van der Waals surface area contributed by atoms with Crippen LogP contribution >= 0.6 is 0 Å². The van der Waals surface area contributed by atoms with E-state index < -0.39 is 0 Å². The Balaban J connectivity index is 2.15. The van der Waals surface area contributed by atoms with E-state index in [1.54, 1.807) is 6.20 Å². The SMILES string of the molecule is Cc1cc(Oc2ccc(C(C)C)cc2)ncc1N. The Morgan fingerprint density at radius 2 is 1.83 bits per heavy atom. The topological polar surface area (TPSA) is 48.1 Å². The molecule has 0 fully saturated rings. The van der Waals surface area contributed by atoms with Crippen LogP contribution in [0.2, 0.25) is 0 Å². The molecule has 1 heterocycles. The van der Waals surface area contributed by atoms with Crippen LogP contribution in [-0.4, -0.2) is 4.98 Å². The largest absolute Gasteiger partial charge is 0.439 e. The lowest BCUT2D eigenvalue weighted by Crippen LogP contribution is -1.94. The number of hydrogen-bond acceptors (Lipinski definition) is 3. The highest BCUT2D eigenvalue weighted by atomic mass is 16.5. The second-order valence-electron chi connectivity index (χ2n) is 4.70. The van der Waals surface area contributed by atoms with Gasteiger partial charge in [-0.2, -0.15) is 0 Å². The van der Waals surface area contributed by atoms with E-state index in [1.165, 1.54) is 5.56 Å². The second kappa shape index (κ2) is 5.08. The molecule has 0 atom stereocenters. The number of rotatable bonds is 3. The summed E-state index contributed by atoms with van der Waals surface area (Å²) < 4.78 is 5.68. The standard InChI is InChI=1S/C15H18N2O/c1-10(2)12-4-6-13(7-5-12)18-15-8-11(3)14(16)9-17-15/h4-10H,16H2,1-3H3. The molecule has 94 valence electrons. The normalized spacial score (nSPS) is 10.7. The molecule has 0 radical (unpaired) electrons. The number of hydrogen-bond donors (Lipinski definition) is 1. The molecule has 0 spiro atoms. The van der Waals surface area contributed by atoms with Gasteiger partial charge in [-0.05, 0) is 36.1 Å². The van der Waals surface area contributed by atoms with Crippen LogP contribution < -0.4 is 10.5 Å². The summed E-state index contributed by atoms with van der Waals surface area (Å²) in [5.74, 6) is 1.88. The maximum Gasteiger partial charge on any atom is 0.219 e. The molecule has 0 aliphatic rings. The molecule has 2 aromatic rings. The van der Waals surface area contributed by atoms with Gasteiger partial charge in [0.05, 0.1) is 11.9 Å². The van der Waals surface area contributed by atoms with E-state index >= 15 is 0 Å². The van der Waals surface area contributed by atoms with Gasteiger partial charge in [-0.1, -0.05) is 26.0 Å². The van der Waals surface area contributed by atoms with Crippen molar-refractivity contribution < 1.29 is 4.74 Å². The van der Waals surface area contributed by atoms with Crippen molar-refractivity contribution in [3.8, 4) is 11.6 Å². The molecule has 0 aliphatic heterocycles. The lowest BCUT2D eigenvalue weighted by Gasteiger charge is -2.09. The Hall–Kier alpha value is -2.03. The van der Waals surface area contributed by atoms with Gasteiger partial charge in [0.1, 0.15) is 5.75 Å². The lowest BCUT2D eigenvalue weighted by atomic mass is 10.0. The Bertz CT molecular complexity index is 533. The van der Waals surface area contributed by atoms with Crippen LogP contribution in [0, 0.1) is 6.92 Å². The first-order chi connectivity index (χ1) is 8.56. The number of nitrogens with two attached hydrogens (primary N) is 1. The zero-order chi connectivity index (χ0) is 13.1. The Morgan fingerprint density at radius 1 is 1.17 bits per heavy atom. The average Bonchev–Trinajstić information content (AvgIpc) is 2.34. The van der Waals surface area contributed by atoms with E-state index in [4.69, 9.17) is 10.5 Å². The zero-order valence-corrected chi connectivity index (χ0v) is 11.0. The monoisotopic (exact) mass is 242 g/mol. The van der Waals surface area contributed by atoms with Crippen LogP contribution in [-0.2, 0) is 0 Å². The predicted molar refractivity (Wildman–Crippen MR) is 74.0 cm³/mol. The minimum absolute atomic E-state index is 0.524. The molecule has 0 saturated heterocycles. The quantitative estimate of drug-likeness (QED) is 0.888. The molecule has 0 bridgehead atoms. The Kier molecular flexibility index (Phi) is 3.51. The van der Waals surface area contributed by atoms with E-state index in [0.29, 0.717) is 17.5 Å². The predicted octanol–water partition coefficient (Wildman–Crippen LogP) is 3.89. The maximum absolute atomic E-state index is 5.72. The van der Waals surface area contributed by atoms with Crippen molar-refractivity contribution in [3.05, 3.63) is 47.7 Å². The van der Waals surface area contributed by atoms with Crippen molar-refractivity contribution in [2.45, 2.75) is 26.7 Å². The van der Waals surface area contributed by atoms with Gasteiger partial charge >= 0.3 is 0 Å². The van der Waals surface area contributed by atoms with Crippen molar-refractivity contribution in [1.29, 1.82) is 0 Å². The summed E-state index contributed by atoms with van der Waals surface area (Å²) in [6.45, 7) is 6.27. The number of ether oxygens (including phenoxy) is 1.